The third kappa shape index (κ3) is 4.88. The van der Waals surface area contributed by atoms with Crippen LogP contribution in [-0.4, -0.2) is 19.7 Å². The second-order valence-electron chi connectivity index (χ2n) is 6.33. The first-order valence-electron chi connectivity index (χ1n) is 8.05. The molecule has 1 atom stereocenters. The van der Waals surface area contributed by atoms with E-state index in [2.05, 4.69) is 62.5 Å². The van der Waals surface area contributed by atoms with Crippen LogP contribution in [0.15, 0.2) is 48.5 Å². The van der Waals surface area contributed by atoms with Crippen LogP contribution in [0.5, 0.6) is 5.75 Å². The summed E-state index contributed by atoms with van der Waals surface area (Å²) in [5.74, 6) is 1.59. The molecule has 2 aromatic rings. The second kappa shape index (κ2) is 8.00. The molecule has 22 heavy (non-hydrogen) atoms. The first-order chi connectivity index (χ1) is 10.6. The van der Waals surface area contributed by atoms with Crippen molar-refractivity contribution in [2.75, 3.05) is 13.7 Å². The van der Waals surface area contributed by atoms with Crippen LogP contribution in [-0.2, 0) is 6.42 Å². The highest BCUT2D eigenvalue weighted by atomic mass is 16.5. The van der Waals surface area contributed by atoms with E-state index in [0.29, 0.717) is 12.0 Å². The molecule has 0 heterocycles. The lowest BCUT2D eigenvalue weighted by molar-refractivity contribution is 0.415. The molecule has 1 unspecified atom stereocenters. The predicted octanol–water partition coefficient (Wildman–Crippen LogP) is 4.54. The topological polar surface area (TPSA) is 21.3 Å². The largest absolute Gasteiger partial charge is 0.497 e. The number of rotatable bonds is 7. The Morgan fingerprint density at radius 1 is 0.864 bits per heavy atom. The summed E-state index contributed by atoms with van der Waals surface area (Å²) in [6, 6.07) is 17.6. The molecule has 0 aliphatic carbocycles. The van der Waals surface area contributed by atoms with E-state index in [9.17, 15) is 0 Å². The Morgan fingerprint density at radius 2 is 1.41 bits per heavy atom. The van der Waals surface area contributed by atoms with Crippen molar-refractivity contribution in [1.82, 2.24) is 5.32 Å². The first-order valence-corrected chi connectivity index (χ1v) is 8.05. The SMILES string of the molecule is COc1ccc(-c2ccc(CC(C)NCC(C)C)cc2)cc1. The molecule has 2 heteroatoms. The molecule has 0 amide bonds. The number of methoxy groups -OCH3 is 1. The number of ether oxygens (including phenoxy) is 1. The molecule has 1 N–H and O–H groups in total. The molecule has 0 aromatic heterocycles. The van der Waals surface area contributed by atoms with Crippen molar-refractivity contribution in [3.8, 4) is 16.9 Å². The Bertz CT molecular complexity index is 557. The van der Waals surface area contributed by atoms with Gasteiger partial charge in [-0.25, -0.2) is 0 Å². The smallest absolute Gasteiger partial charge is 0.118 e. The molecule has 0 saturated carbocycles. The van der Waals surface area contributed by atoms with Gasteiger partial charge in [-0.05, 0) is 54.6 Å². The number of hydrogen-bond acceptors (Lipinski definition) is 2. The maximum atomic E-state index is 5.20. The van der Waals surface area contributed by atoms with Crippen molar-refractivity contribution < 1.29 is 4.74 Å². The van der Waals surface area contributed by atoms with E-state index >= 15 is 0 Å². The Kier molecular flexibility index (Phi) is 6.02. The van der Waals surface area contributed by atoms with Gasteiger partial charge in [-0.15, -0.1) is 0 Å². The minimum Gasteiger partial charge on any atom is -0.497 e. The third-order valence-electron chi connectivity index (χ3n) is 3.79. The number of hydrogen-bond donors (Lipinski definition) is 1. The van der Waals surface area contributed by atoms with Crippen molar-refractivity contribution in [3.63, 3.8) is 0 Å². The fourth-order valence-electron chi connectivity index (χ4n) is 2.48. The molecule has 0 radical (unpaired) electrons. The van der Waals surface area contributed by atoms with Crippen molar-refractivity contribution in [2.45, 2.75) is 33.2 Å². The van der Waals surface area contributed by atoms with Crippen LogP contribution >= 0.6 is 0 Å². The van der Waals surface area contributed by atoms with Crippen LogP contribution < -0.4 is 10.1 Å². The van der Waals surface area contributed by atoms with E-state index in [1.165, 1.54) is 16.7 Å². The van der Waals surface area contributed by atoms with Gasteiger partial charge in [0.25, 0.3) is 0 Å². The van der Waals surface area contributed by atoms with E-state index in [1.54, 1.807) is 7.11 Å². The molecule has 0 aliphatic rings. The van der Waals surface area contributed by atoms with Crippen molar-refractivity contribution in [3.05, 3.63) is 54.1 Å². The molecule has 118 valence electrons. The summed E-state index contributed by atoms with van der Waals surface area (Å²) < 4.78 is 5.20. The highest BCUT2D eigenvalue weighted by molar-refractivity contribution is 5.64. The standard InChI is InChI=1S/C20H27NO/c1-15(2)14-21-16(3)13-17-5-7-18(8-6-17)19-9-11-20(22-4)12-10-19/h5-12,15-16,21H,13-14H2,1-4H3. The van der Waals surface area contributed by atoms with Gasteiger partial charge in [0, 0.05) is 6.04 Å². The summed E-state index contributed by atoms with van der Waals surface area (Å²) in [4.78, 5) is 0. The van der Waals surface area contributed by atoms with Gasteiger partial charge in [-0.1, -0.05) is 50.2 Å². The van der Waals surface area contributed by atoms with Gasteiger partial charge in [0.05, 0.1) is 7.11 Å². The lowest BCUT2D eigenvalue weighted by atomic mass is 10.0. The van der Waals surface area contributed by atoms with Crippen LogP contribution in [0.1, 0.15) is 26.3 Å². The molecule has 0 fully saturated rings. The molecule has 0 spiro atoms. The minimum atomic E-state index is 0.509. The summed E-state index contributed by atoms with van der Waals surface area (Å²) in [5, 5.41) is 3.58. The van der Waals surface area contributed by atoms with Gasteiger partial charge in [-0.2, -0.15) is 0 Å². The fraction of sp³-hybridized carbons (Fsp3) is 0.400. The predicted molar refractivity (Wildman–Crippen MR) is 94.4 cm³/mol. The van der Waals surface area contributed by atoms with Gasteiger partial charge < -0.3 is 10.1 Å². The average Bonchev–Trinajstić information content (AvgIpc) is 2.54. The summed E-state index contributed by atoms with van der Waals surface area (Å²) in [7, 11) is 1.69. The van der Waals surface area contributed by atoms with Crippen molar-refractivity contribution in [1.29, 1.82) is 0 Å². The Morgan fingerprint density at radius 3 is 1.91 bits per heavy atom. The summed E-state index contributed by atoms with van der Waals surface area (Å²) in [6.45, 7) is 7.80. The Labute approximate surface area is 134 Å². The molecule has 2 nitrogen and oxygen atoms in total. The van der Waals surface area contributed by atoms with Crippen molar-refractivity contribution >= 4 is 0 Å². The molecule has 2 aromatic carbocycles. The lowest BCUT2D eigenvalue weighted by Gasteiger charge is -2.15. The fourth-order valence-corrected chi connectivity index (χ4v) is 2.48. The zero-order chi connectivity index (χ0) is 15.9. The summed E-state index contributed by atoms with van der Waals surface area (Å²) in [5.41, 5.74) is 3.84. The van der Waals surface area contributed by atoms with Gasteiger partial charge in [0.1, 0.15) is 5.75 Å². The zero-order valence-electron chi connectivity index (χ0n) is 14.1. The summed E-state index contributed by atoms with van der Waals surface area (Å²) in [6.07, 6.45) is 1.07. The van der Waals surface area contributed by atoms with E-state index < -0.39 is 0 Å². The van der Waals surface area contributed by atoms with Crippen LogP contribution in [0.2, 0.25) is 0 Å². The molecular weight excluding hydrogens is 270 g/mol. The Hall–Kier alpha value is -1.80. The quantitative estimate of drug-likeness (QED) is 0.810. The van der Waals surface area contributed by atoms with Gasteiger partial charge in [-0.3, -0.25) is 0 Å². The molecular formula is C20H27NO. The van der Waals surface area contributed by atoms with Crippen molar-refractivity contribution in [2.24, 2.45) is 5.92 Å². The molecule has 2 rings (SSSR count). The Balaban J connectivity index is 1.97. The van der Waals surface area contributed by atoms with E-state index in [4.69, 9.17) is 4.74 Å². The average molecular weight is 297 g/mol. The normalized spacial score (nSPS) is 12.4. The van der Waals surface area contributed by atoms with Crippen LogP contribution in [0, 0.1) is 5.92 Å². The number of benzene rings is 2. The van der Waals surface area contributed by atoms with Crippen LogP contribution in [0.25, 0.3) is 11.1 Å². The van der Waals surface area contributed by atoms with Crippen LogP contribution in [0.4, 0.5) is 0 Å². The maximum absolute atomic E-state index is 5.20. The van der Waals surface area contributed by atoms with E-state index in [-0.39, 0.29) is 0 Å². The number of nitrogens with one attached hydrogen (secondary N) is 1. The third-order valence-corrected chi connectivity index (χ3v) is 3.79. The molecule has 0 bridgehead atoms. The lowest BCUT2D eigenvalue weighted by Crippen LogP contribution is -2.31. The second-order valence-corrected chi connectivity index (χ2v) is 6.33. The van der Waals surface area contributed by atoms with Crippen LogP contribution in [0.3, 0.4) is 0 Å². The summed E-state index contributed by atoms with van der Waals surface area (Å²) >= 11 is 0. The monoisotopic (exact) mass is 297 g/mol. The molecule has 0 aliphatic heterocycles. The van der Waals surface area contributed by atoms with E-state index in [1.807, 2.05) is 12.1 Å². The minimum absolute atomic E-state index is 0.509. The van der Waals surface area contributed by atoms with Gasteiger partial charge in [0.15, 0.2) is 0 Å². The van der Waals surface area contributed by atoms with Gasteiger partial charge in [0.2, 0.25) is 0 Å². The highest BCUT2D eigenvalue weighted by Crippen LogP contribution is 2.23. The highest BCUT2D eigenvalue weighted by Gasteiger charge is 2.05. The van der Waals surface area contributed by atoms with E-state index in [0.717, 1.165) is 18.7 Å². The van der Waals surface area contributed by atoms with Gasteiger partial charge >= 0.3 is 0 Å². The molecule has 0 saturated heterocycles. The maximum Gasteiger partial charge on any atom is 0.118 e. The zero-order valence-corrected chi connectivity index (χ0v) is 14.1. The first kappa shape index (κ1) is 16.6.